The molecule has 0 unspecified atom stereocenters. The Hall–Kier alpha value is -2.29. The number of carbonyl (C=O) groups excluding carboxylic acids is 2. The first-order valence-electron chi connectivity index (χ1n) is 10.5. The van der Waals surface area contributed by atoms with Crippen molar-refractivity contribution < 1.29 is 18.0 Å². The fourth-order valence-corrected chi connectivity index (χ4v) is 4.75. The minimum Gasteiger partial charge on any atom is -0.357 e. The summed E-state index contributed by atoms with van der Waals surface area (Å²) in [6.45, 7) is 3.34. The van der Waals surface area contributed by atoms with Gasteiger partial charge in [-0.2, -0.15) is 0 Å². The number of benzene rings is 2. The van der Waals surface area contributed by atoms with Gasteiger partial charge in [0.25, 0.3) is 0 Å². The summed E-state index contributed by atoms with van der Waals surface area (Å²) in [4.78, 5) is 27.4. The van der Waals surface area contributed by atoms with Crippen LogP contribution in [0.1, 0.15) is 31.4 Å². The number of nitrogens with zero attached hydrogens (tertiary/aromatic N) is 2. The van der Waals surface area contributed by atoms with Crippen molar-refractivity contribution in [1.29, 1.82) is 0 Å². The maximum atomic E-state index is 13.5. The molecule has 0 spiro atoms. The molecule has 0 bridgehead atoms. The van der Waals surface area contributed by atoms with E-state index in [0.717, 1.165) is 22.5 Å². The molecule has 33 heavy (non-hydrogen) atoms. The molecule has 0 aliphatic carbocycles. The minimum atomic E-state index is -3.77. The molecular formula is C23H29Cl2N3O4S. The van der Waals surface area contributed by atoms with Gasteiger partial charge in [0.1, 0.15) is 12.6 Å². The average Bonchev–Trinajstić information content (AvgIpc) is 2.77. The van der Waals surface area contributed by atoms with E-state index in [4.69, 9.17) is 23.2 Å². The van der Waals surface area contributed by atoms with Crippen molar-refractivity contribution in [3.8, 4) is 0 Å². The monoisotopic (exact) mass is 513 g/mol. The van der Waals surface area contributed by atoms with E-state index in [-0.39, 0.29) is 12.5 Å². The normalized spacial score (nSPS) is 12.2. The number of nitrogens with one attached hydrogen (secondary N) is 1. The summed E-state index contributed by atoms with van der Waals surface area (Å²) in [5.41, 5.74) is 2.01. The van der Waals surface area contributed by atoms with Gasteiger partial charge in [-0.1, -0.05) is 55.2 Å². The highest BCUT2D eigenvalue weighted by Gasteiger charge is 2.31. The third-order valence-corrected chi connectivity index (χ3v) is 7.03. The average molecular weight is 514 g/mol. The van der Waals surface area contributed by atoms with E-state index < -0.39 is 28.5 Å². The van der Waals surface area contributed by atoms with Gasteiger partial charge in [0.2, 0.25) is 21.8 Å². The van der Waals surface area contributed by atoms with Gasteiger partial charge in [0, 0.05) is 23.6 Å². The lowest BCUT2D eigenvalue weighted by molar-refractivity contribution is -0.140. The number of rotatable bonds is 10. The SMILES string of the molecule is CCc1ccc(N(CC(=O)N(Cc2ccc(Cl)cc2Cl)[C@@H](CC)C(=O)NC)S(C)(=O)=O)cc1. The van der Waals surface area contributed by atoms with Crippen molar-refractivity contribution in [3.05, 3.63) is 63.6 Å². The summed E-state index contributed by atoms with van der Waals surface area (Å²) < 4.78 is 26.2. The van der Waals surface area contributed by atoms with Crippen molar-refractivity contribution in [3.63, 3.8) is 0 Å². The lowest BCUT2D eigenvalue weighted by Crippen LogP contribution is -2.51. The van der Waals surface area contributed by atoms with Gasteiger partial charge < -0.3 is 10.2 Å². The van der Waals surface area contributed by atoms with E-state index in [0.29, 0.717) is 27.7 Å². The lowest BCUT2D eigenvalue weighted by atomic mass is 10.1. The Morgan fingerprint density at radius 1 is 1.06 bits per heavy atom. The minimum absolute atomic E-state index is 0.0210. The number of hydrogen-bond donors (Lipinski definition) is 1. The van der Waals surface area contributed by atoms with E-state index >= 15 is 0 Å². The third-order valence-electron chi connectivity index (χ3n) is 5.30. The second-order valence-electron chi connectivity index (χ2n) is 7.59. The zero-order valence-corrected chi connectivity index (χ0v) is 21.5. The molecule has 10 heteroatoms. The lowest BCUT2D eigenvalue weighted by Gasteiger charge is -2.32. The number of carbonyl (C=O) groups is 2. The summed E-state index contributed by atoms with van der Waals surface area (Å²) in [6.07, 6.45) is 2.18. The van der Waals surface area contributed by atoms with Gasteiger partial charge in [0.05, 0.1) is 11.9 Å². The van der Waals surface area contributed by atoms with Crippen molar-refractivity contribution in [2.45, 2.75) is 39.3 Å². The predicted octanol–water partition coefficient (Wildman–Crippen LogP) is 3.88. The second kappa shape index (κ2) is 11.7. The molecular weight excluding hydrogens is 485 g/mol. The largest absolute Gasteiger partial charge is 0.357 e. The molecule has 2 rings (SSSR count). The molecule has 2 amide bonds. The quantitative estimate of drug-likeness (QED) is 0.522. The van der Waals surface area contributed by atoms with Crippen LogP contribution >= 0.6 is 23.2 Å². The van der Waals surface area contributed by atoms with Crippen LogP contribution < -0.4 is 9.62 Å². The van der Waals surface area contributed by atoms with Gasteiger partial charge in [-0.15, -0.1) is 0 Å². The van der Waals surface area contributed by atoms with E-state index in [2.05, 4.69) is 5.32 Å². The summed E-state index contributed by atoms with van der Waals surface area (Å²) in [7, 11) is -2.28. The fourth-order valence-electron chi connectivity index (χ4n) is 3.43. The molecule has 0 aliphatic rings. The molecule has 2 aromatic carbocycles. The molecule has 1 N–H and O–H groups in total. The summed E-state index contributed by atoms with van der Waals surface area (Å²) in [5, 5.41) is 3.36. The van der Waals surface area contributed by atoms with Crippen LogP contribution in [-0.2, 0) is 32.6 Å². The second-order valence-corrected chi connectivity index (χ2v) is 10.3. The molecule has 7 nitrogen and oxygen atoms in total. The molecule has 0 aliphatic heterocycles. The van der Waals surface area contributed by atoms with E-state index in [9.17, 15) is 18.0 Å². The zero-order chi connectivity index (χ0) is 24.8. The van der Waals surface area contributed by atoms with Crippen LogP contribution in [0.2, 0.25) is 10.0 Å². The molecule has 0 saturated heterocycles. The van der Waals surface area contributed by atoms with Crippen LogP contribution in [0.25, 0.3) is 0 Å². The number of anilines is 1. The van der Waals surface area contributed by atoms with Crippen LogP contribution in [0.3, 0.4) is 0 Å². The highest BCUT2D eigenvalue weighted by Crippen LogP contribution is 2.25. The van der Waals surface area contributed by atoms with E-state index in [1.54, 1.807) is 37.3 Å². The standard InChI is InChI=1S/C23H29Cl2N3O4S/c1-5-16-7-11-19(12-8-16)28(33(4,31)32)15-22(29)27(21(6-2)23(30)26-3)14-17-9-10-18(24)13-20(17)25/h7-13,21H,5-6,14-15H2,1-4H3,(H,26,30)/t21-/m0/s1. The molecule has 2 aromatic rings. The summed E-state index contributed by atoms with van der Waals surface area (Å²) >= 11 is 12.3. The smallest absolute Gasteiger partial charge is 0.244 e. The molecule has 0 radical (unpaired) electrons. The molecule has 0 fully saturated rings. The molecule has 0 aromatic heterocycles. The topological polar surface area (TPSA) is 86.8 Å². The maximum absolute atomic E-state index is 13.5. The summed E-state index contributed by atoms with van der Waals surface area (Å²) in [6, 6.07) is 11.1. The fraction of sp³-hybridized carbons (Fsp3) is 0.391. The highest BCUT2D eigenvalue weighted by atomic mass is 35.5. The number of amides is 2. The van der Waals surface area contributed by atoms with E-state index in [1.165, 1.54) is 11.9 Å². The van der Waals surface area contributed by atoms with Gasteiger partial charge in [-0.3, -0.25) is 13.9 Å². The number of hydrogen-bond acceptors (Lipinski definition) is 4. The molecule has 0 heterocycles. The van der Waals surface area contributed by atoms with E-state index in [1.807, 2.05) is 19.1 Å². The Balaban J connectivity index is 2.44. The Kier molecular flexibility index (Phi) is 9.57. The first-order chi connectivity index (χ1) is 15.5. The Bertz CT molecular complexity index is 1090. The number of sulfonamides is 1. The summed E-state index contributed by atoms with van der Waals surface area (Å²) in [5.74, 6) is -0.879. The highest BCUT2D eigenvalue weighted by molar-refractivity contribution is 7.92. The van der Waals surface area contributed by atoms with Crippen LogP contribution in [0, 0.1) is 0 Å². The zero-order valence-electron chi connectivity index (χ0n) is 19.1. The van der Waals surface area contributed by atoms with Crippen molar-refractivity contribution in [2.75, 3.05) is 24.2 Å². The number of aryl methyl sites for hydroxylation is 1. The molecule has 0 saturated carbocycles. The van der Waals surface area contributed by atoms with Crippen molar-refractivity contribution in [1.82, 2.24) is 10.2 Å². The van der Waals surface area contributed by atoms with Gasteiger partial charge in [-0.05, 0) is 48.2 Å². The molecule has 1 atom stereocenters. The molecule has 180 valence electrons. The third kappa shape index (κ3) is 7.09. The Morgan fingerprint density at radius 2 is 1.70 bits per heavy atom. The number of halogens is 2. The van der Waals surface area contributed by atoms with Crippen molar-refractivity contribution >= 4 is 50.7 Å². The number of likely N-dealkylation sites (N-methyl/N-ethyl adjacent to an activating group) is 1. The van der Waals surface area contributed by atoms with Crippen LogP contribution in [0.5, 0.6) is 0 Å². The van der Waals surface area contributed by atoms with Gasteiger partial charge >= 0.3 is 0 Å². The van der Waals surface area contributed by atoms with Crippen molar-refractivity contribution in [2.24, 2.45) is 0 Å². The Morgan fingerprint density at radius 3 is 2.18 bits per heavy atom. The maximum Gasteiger partial charge on any atom is 0.244 e. The van der Waals surface area contributed by atoms with Gasteiger partial charge in [-0.25, -0.2) is 8.42 Å². The first-order valence-corrected chi connectivity index (χ1v) is 13.1. The van der Waals surface area contributed by atoms with Crippen LogP contribution in [-0.4, -0.2) is 51.0 Å². The Labute approximate surface area is 205 Å². The first kappa shape index (κ1) is 27.0. The van der Waals surface area contributed by atoms with Crippen LogP contribution in [0.15, 0.2) is 42.5 Å². The van der Waals surface area contributed by atoms with Crippen LogP contribution in [0.4, 0.5) is 5.69 Å². The van der Waals surface area contributed by atoms with Gasteiger partial charge in [0.15, 0.2) is 0 Å². The predicted molar refractivity (Wildman–Crippen MR) is 133 cm³/mol.